The van der Waals surface area contributed by atoms with Gasteiger partial charge in [0.1, 0.15) is 11.6 Å². The van der Waals surface area contributed by atoms with Crippen LogP contribution in [-0.4, -0.2) is 11.9 Å². The first-order chi connectivity index (χ1) is 12.0. The van der Waals surface area contributed by atoms with E-state index in [2.05, 4.69) is 18.3 Å². The number of anilines is 2. The Balaban J connectivity index is 1.86. The SMILES string of the molecule is Cc1ccc(NC(=O)/C(C#N)=C\N2c3ccccc3CC2C)c(C)c1. The molecule has 2 aromatic carbocycles. The minimum absolute atomic E-state index is 0.100. The molecule has 3 rings (SSSR count). The Morgan fingerprint density at radius 1 is 1.28 bits per heavy atom. The summed E-state index contributed by atoms with van der Waals surface area (Å²) in [6.07, 6.45) is 2.57. The van der Waals surface area contributed by atoms with Crippen molar-refractivity contribution in [1.82, 2.24) is 0 Å². The van der Waals surface area contributed by atoms with Crippen molar-refractivity contribution in [2.45, 2.75) is 33.2 Å². The van der Waals surface area contributed by atoms with Gasteiger partial charge >= 0.3 is 0 Å². The van der Waals surface area contributed by atoms with E-state index in [4.69, 9.17) is 0 Å². The average Bonchev–Trinajstić information content (AvgIpc) is 2.90. The first kappa shape index (κ1) is 16.8. The third-order valence-electron chi connectivity index (χ3n) is 4.52. The van der Waals surface area contributed by atoms with Crippen LogP contribution in [0.3, 0.4) is 0 Å². The molecule has 25 heavy (non-hydrogen) atoms. The van der Waals surface area contributed by atoms with Gasteiger partial charge in [-0.2, -0.15) is 5.26 Å². The molecule has 1 aliphatic rings. The number of nitrogens with one attached hydrogen (secondary N) is 1. The molecule has 4 nitrogen and oxygen atoms in total. The molecule has 0 bridgehead atoms. The topological polar surface area (TPSA) is 56.1 Å². The normalized spacial score (nSPS) is 16.3. The molecule has 1 amide bonds. The molecular weight excluding hydrogens is 310 g/mol. The van der Waals surface area contributed by atoms with Crippen molar-refractivity contribution in [3.8, 4) is 6.07 Å². The highest BCUT2D eigenvalue weighted by atomic mass is 16.1. The lowest BCUT2D eigenvalue weighted by molar-refractivity contribution is -0.112. The number of carbonyl (C=O) groups excluding carboxylic acids is 1. The lowest BCUT2D eigenvalue weighted by atomic mass is 10.1. The second kappa shape index (κ2) is 6.82. The molecule has 0 saturated heterocycles. The van der Waals surface area contributed by atoms with Crippen LogP contribution in [0.1, 0.15) is 23.6 Å². The number of benzene rings is 2. The molecule has 0 aromatic heterocycles. The highest BCUT2D eigenvalue weighted by molar-refractivity contribution is 6.07. The first-order valence-corrected chi connectivity index (χ1v) is 8.36. The first-order valence-electron chi connectivity index (χ1n) is 8.36. The Morgan fingerprint density at radius 3 is 2.76 bits per heavy atom. The van der Waals surface area contributed by atoms with Crippen LogP contribution in [0.5, 0.6) is 0 Å². The van der Waals surface area contributed by atoms with Crippen molar-refractivity contribution in [1.29, 1.82) is 5.26 Å². The minimum atomic E-state index is -0.383. The molecule has 0 saturated carbocycles. The molecule has 0 radical (unpaired) electrons. The van der Waals surface area contributed by atoms with Crippen LogP contribution in [0.4, 0.5) is 11.4 Å². The third kappa shape index (κ3) is 3.41. The smallest absolute Gasteiger partial charge is 0.267 e. The van der Waals surface area contributed by atoms with E-state index >= 15 is 0 Å². The van der Waals surface area contributed by atoms with Gasteiger partial charge in [-0.25, -0.2) is 0 Å². The summed E-state index contributed by atoms with van der Waals surface area (Å²) in [5.74, 6) is -0.383. The summed E-state index contributed by atoms with van der Waals surface area (Å²) in [7, 11) is 0. The van der Waals surface area contributed by atoms with Crippen LogP contribution >= 0.6 is 0 Å². The predicted molar refractivity (Wildman–Crippen MR) is 100 cm³/mol. The van der Waals surface area contributed by atoms with E-state index in [0.29, 0.717) is 0 Å². The monoisotopic (exact) mass is 331 g/mol. The maximum absolute atomic E-state index is 12.6. The highest BCUT2D eigenvalue weighted by Crippen LogP contribution is 2.32. The van der Waals surface area contributed by atoms with Gasteiger partial charge in [-0.3, -0.25) is 4.79 Å². The summed E-state index contributed by atoms with van der Waals surface area (Å²) in [5, 5.41) is 12.3. The molecule has 1 atom stereocenters. The zero-order chi connectivity index (χ0) is 18.0. The highest BCUT2D eigenvalue weighted by Gasteiger charge is 2.25. The van der Waals surface area contributed by atoms with Crippen LogP contribution in [-0.2, 0) is 11.2 Å². The van der Waals surface area contributed by atoms with Gasteiger partial charge in [0.15, 0.2) is 0 Å². The number of hydrogen-bond donors (Lipinski definition) is 1. The van der Waals surface area contributed by atoms with Crippen molar-refractivity contribution in [2.75, 3.05) is 10.2 Å². The van der Waals surface area contributed by atoms with Gasteiger partial charge in [0.25, 0.3) is 5.91 Å². The Morgan fingerprint density at radius 2 is 2.04 bits per heavy atom. The van der Waals surface area contributed by atoms with Gasteiger partial charge in [0.2, 0.25) is 0 Å². The van der Waals surface area contributed by atoms with E-state index in [0.717, 1.165) is 28.9 Å². The number of rotatable bonds is 3. The number of carbonyl (C=O) groups is 1. The summed E-state index contributed by atoms with van der Waals surface area (Å²) in [4.78, 5) is 14.6. The van der Waals surface area contributed by atoms with Gasteiger partial charge in [-0.05, 0) is 50.5 Å². The van der Waals surface area contributed by atoms with E-state index in [9.17, 15) is 10.1 Å². The van der Waals surface area contributed by atoms with Gasteiger partial charge in [-0.1, -0.05) is 35.9 Å². The largest absolute Gasteiger partial charge is 0.343 e. The van der Waals surface area contributed by atoms with Gasteiger partial charge in [0, 0.05) is 23.6 Å². The van der Waals surface area contributed by atoms with Crippen LogP contribution in [0.2, 0.25) is 0 Å². The van der Waals surface area contributed by atoms with Crippen molar-refractivity contribution in [2.24, 2.45) is 0 Å². The van der Waals surface area contributed by atoms with Crippen molar-refractivity contribution >= 4 is 17.3 Å². The second-order valence-corrected chi connectivity index (χ2v) is 6.52. The summed E-state index contributed by atoms with van der Waals surface area (Å²) in [5.41, 5.74) is 5.23. The quantitative estimate of drug-likeness (QED) is 0.680. The van der Waals surface area contributed by atoms with Crippen LogP contribution in [0.15, 0.2) is 54.2 Å². The maximum atomic E-state index is 12.6. The average molecular weight is 331 g/mol. The minimum Gasteiger partial charge on any atom is -0.343 e. The van der Waals surface area contributed by atoms with Crippen molar-refractivity contribution in [3.63, 3.8) is 0 Å². The van der Waals surface area contributed by atoms with E-state index in [-0.39, 0.29) is 17.5 Å². The zero-order valence-electron chi connectivity index (χ0n) is 14.7. The summed E-state index contributed by atoms with van der Waals surface area (Å²) in [6, 6.07) is 16.2. The van der Waals surface area contributed by atoms with Crippen LogP contribution < -0.4 is 10.2 Å². The molecule has 0 fully saturated rings. The Labute approximate surface area is 148 Å². The Kier molecular flexibility index (Phi) is 4.58. The van der Waals surface area contributed by atoms with Gasteiger partial charge in [0.05, 0.1) is 0 Å². The van der Waals surface area contributed by atoms with Gasteiger partial charge in [-0.15, -0.1) is 0 Å². The van der Waals surface area contributed by atoms with Crippen molar-refractivity contribution < 1.29 is 4.79 Å². The molecule has 1 aliphatic heterocycles. The molecule has 1 heterocycles. The Bertz CT molecular complexity index is 892. The third-order valence-corrected chi connectivity index (χ3v) is 4.52. The lowest BCUT2D eigenvalue weighted by Gasteiger charge is -2.20. The molecule has 2 aromatic rings. The molecule has 4 heteroatoms. The number of nitriles is 1. The van der Waals surface area contributed by atoms with E-state index in [1.807, 2.05) is 61.2 Å². The maximum Gasteiger partial charge on any atom is 0.267 e. The standard InChI is InChI=1S/C21H21N3O/c1-14-8-9-19(15(2)10-14)23-21(25)18(12-22)13-24-16(3)11-17-6-4-5-7-20(17)24/h4-10,13,16H,11H2,1-3H3,(H,23,25)/b18-13-. The fourth-order valence-electron chi connectivity index (χ4n) is 3.21. The second-order valence-electron chi connectivity index (χ2n) is 6.52. The molecule has 1 N–H and O–H groups in total. The van der Waals surface area contributed by atoms with Crippen LogP contribution in [0, 0.1) is 25.2 Å². The van der Waals surface area contributed by atoms with Crippen molar-refractivity contribution in [3.05, 3.63) is 70.9 Å². The number of fused-ring (bicyclic) bond motifs is 1. The number of para-hydroxylation sites is 1. The lowest BCUT2D eigenvalue weighted by Crippen LogP contribution is -2.26. The molecule has 126 valence electrons. The predicted octanol–water partition coefficient (Wildman–Crippen LogP) is 4.10. The fourth-order valence-corrected chi connectivity index (χ4v) is 3.21. The molecule has 1 unspecified atom stereocenters. The number of hydrogen-bond acceptors (Lipinski definition) is 3. The zero-order valence-corrected chi connectivity index (χ0v) is 14.7. The van der Waals surface area contributed by atoms with E-state index in [1.165, 1.54) is 5.56 Å². The summed E-state index contributed by atoms with van der Waals surface area (Å²) in [6.45, 7) is 6.04. The Hall–Kier alpha value is -3.06. The summed E-state index contributed by atoms with van der Waals surface area (Å²) >= 11 is 0. The number of aryl methyl sites for hydroxylation is 2. The van der Waals surface area contributed by atoms with E-state index in [1.54, 1.807) is 6.20 Å². The molecular formula is C21H21N3O. The molecule has 0 aliphatic carbocycles. The fraction of sp³-hybridized carbons (Fsp3) is 0.238. The summed E-state index contributed by atoms with van der Waals surface area (Å²) < 4.78 is 0. The van der Waals surface area contributed by atoms with E-state index < -0.39 is 0 Å². The number of nitrogens with zero attached hydrogens (tertiary/aromatic N) is 2. The number of amides is 1. The van der Waals surface area contributed by atoms with Crippen LogP contribution in [0.25, 0.3) is 0 Å². The van der Waals surface area contributed by atoms with Gasteiger partial charge < -0.3 is 10.2 Å². The molecule has 0 spiro atoms.